The fourth-order valence-corrected chi connectivity index (χ4v) is 1.87. The quantitative estimate of drug-likeness (QED) is 0.732. The highest BCUT2D eigenvalue weighted by molar-refractivity contribution is 5.84. The predicted molar refractivity (Wildman–Crippen MR) is 55.9 cm³/mol. The Morgan fingerprint density at radius 2 is 2.21 bits per heavy atom. The Morgan fingerprint density at radius 1 is 1.36 bits per heavy atom. The van der Waals surface area contributed by atoms with E-state index in [1.54, 1.807) is 6.20 Å². The molecular formula is C12H11N2. The van der Waals surface area contributed by atoms with Crippen molar-refractivity contribution in [3.05, 3.63) is 42.2 Å². The lowest BCUT2D eigenvalue weighted by molar-refractivity contribution is 0.378. The van der Waals surface area contributed by atoms with Crippen LogP contribution < -0.4 is 5.32 Å². The summed E-state index contributed by atoms with van der Waals surface area (Å²) in [4.78, 5) is 4.41. The van der Waals surface area contributed by atoms with Gasteiger partial charge in [-0.2, -0.15) is 0 Å². The molecule has 1 saturated heterocycles. The van der Waals surface area contributed by atoms with Crippen LogP contribution in [0.3, 0.4) is 0 Å². The highest BCUT2D eigenvalue weighted by atomic mass is 15.0. The van der Waals surface area contributed by atoms with Gasteiger partial charge in [0.05, 0.1) is 11.7 Å². The van der Waals surface area contributed by atoms with Crippen LogP contribution in [0.2, 0.25) is 0 Å². The molecule has 3 rings (SSSR count). The molecule has 1 fully saturated rings. The zero-order valence-corrected chi connectivity index (χ0v) is 7.83. The number of hydrogen-bond donors (Lipinski definition) is 1. The Bertz CT molecular complexity index is 455. The number of fused-ring (bicyclic) bond motifs is 1. The third-order valence-electron chi connectivity index (χ3n) is 2.78. The molecule has 1 aliphatic heterocycles. The van der Waals surface area contributed by atoms with Gasteiger partial charge < -0.3 is 5.32 Å². The zero-order chi connectivity index (χ0) is 9.38. The summed E-state index contributed by atoms with van der Waals surface area (Å²) in [6.45, 7) is 1.11. The third kappa shape index (κ3) is 1.11. The first kappa shape index (κ1) is 7.94. The molecule has 0 saturated carbocycles. The number of hydrogen-bond acceptors (Lipinski definition) is 2. The van der Waals surface area contributed by atoms with Gasteiger partial charge in [-0.25, -0.2) is 0 Å². The van der Waals surface area contributed by atoms with E-state index >= 15 is 0 Å². The maximum atomic E-state index is 4.41. The van der Waals surface area contributed by atoms with Crippen molar-refractivity contribution in [1.29, 1.82) is 0 Å². The highest BCUT2D eigenvalue weighted by Crippen LogP contribution is 2.27. The van der Waals surface area contributed by atoms with E-state index in [1.807, 2.05) is 6.07 Å². The van der Waals surface area contributed by atoms with Gasteiger partial charge in [-0.3, -0.25) is 4.98 Å². The largest absolute Gasteiger partial charge is 0.308 e. The van der Waals surface area contributed by atoms with E-state index in [1.165, 1.54) is 17.5 Å². The minimum atomic E-state index is 0.453. The van der Waals surface area contributed by atoms with E-state index in [-0.39, 0.29) is 0 Å². The standard InChI is InChI=1S/C12H11N2/c1-2-4-10-9(3-1)5-7-14-12(10)11-6-8-13-11/h1-4,7,11,13H,6,8H2. The fraction of sp³-hybridized carbons (Fsp3) is 0.250. The Hall–Kier alpha value is -1.41. The molecule has 1 radical (unpaired) electrons. The van der Waals surface area contributed by atoms with Crippen molar-refractivity contribution >= 4 is 10.8 Å². The summed E-state index contributed by atoms with van der Waals surface area (Å²) in [6, 6.07) is 11.9. The average Bonchev–Trinajstić information content (AvgIpc) is 2.16. The second-order valence-electron chi connectivity index (χ2n) is 3.63. The molecule has 1 N–H and O–H groups in total. The Morgan fingerprint density at radius 3 is 3.00 bits per heavy atom. The molecule has 69 valence electrons. The SMILES string of the molecule is [c]1cnc(C2CCN2)c2ccccc12. The number of pyridine rings is 1. The minimum Gasteiger partial charge on any atom is -0.308 e. The lowest BCUT2D eigenvalue weighted by Gasteiger charge is -2.27. The van der Waals surface area contributed by atoms with Gasteiger partial charge in [0, 0.05) is 17.6 Å². The molecule has 1 aromatic carbocycles. The molecule has 2 aromatic rings. The summed E-state index contributed by atoms with van der Waals surface area (Å²) in [5.41, 5.74) is 1.17. The average molecular weight is 183 g/mol. The summed E-state index contributed by atoms with van der Waals surface area (Å²) in [7, 11) is 0. The molecule has 1 atom stereocenters. The van der Waals surface area contributed by atoms with E-state index in [2.05, 4.69) is 34.6 Å². The maximum absolute atomic E-state index is 4.41. The first-order valence-corrected chi connectivity index (χ1v) is 4.94. The summed E-state index contributed by atoms with van der Waals surface area (Å²) in [6.07, 6.45) is 2.97. The molecule has 0 aliphatic carbocycles. The first-order chi connectivity index (χ1) is 6.95. The van der Waals surface area contributed by atoms with Crippen LogP contribution in [0.25, 0.3) is 10.8 Å². The van der Waals surface area contributed by atoms with Crippen LogP contribution in [0.15, 0.2) is 30.5 Å². The molecular weight excluding hydrogens is 172 g/mol. The van der Waals surface area contributed by atoms with E-state index in [4.69, 9.17) is 0 Å². The van der Waals surface area contributed by atoms with Gasteiger partial charge in [-0.05, 0) is 18.4 Å². The number of nitrogens with one attached hydrogen (secondary N) is 1. The molecule has 1 aromatic heterocycles. The summed E-state index contributed by atoms with van der Waals surface area (Å²) in [5, 5.41) is 5.76. The van der Waals surface area contributed by atoms with Crippen molar-refractivity contribution in [3.8, 4) is 0 Å². The monoisotopic (exact) mass is 183 g/mol. The maximum Gasteiger partial charge on any atom is 0.0652 e. The van der Waals surface area contributed by atoms with Crippen LogP contribution in [-0.4, -0.2) is 11.5 Å². The summed E-state index contributed by atoms with van der Waals surface area (Å²) < 4.78 is 0. The van der Waals surface area contributed by atoms with E-state index in [0.717, 1.165) is 11.9 Å². The fourth-order valence-electron chi connectivity index (χ4n) is 1.87. The number of benzene rings is 1. The van der Waals surface area contributed by atoms with Gasteiger partial charge in [0.2, 0.25) is 0 Å². The van der Waals surface area contributed by atoms with E-state index in [9.17, 15) is 0 Å². The number of aromatic nitrogens is 1. The van der Waals surface area contributed by atoms with Crippen molar-refractivity contribution in [1.82, 2.24) is 10.3 Å². The number of nitrogens with zero attached hydrogens (tertiary/aromatic N) is 1. The molecule has 0 spiro atoms. The van der Waals surface area contributed by atoms with Crippen LogP contribution in [0.5, 0.6) is 0 Å². The van der Waals surface area contributed by atoms with Gasteiger partial charge in [0.15, 0.2) is 0 Å². The highest BCUT2D eigenvalue weighted by Gasteiger charge is 2.21. The molecule has 2 heterocycles. The van der Waals surface area contributed by atoms with E-state index in [0.29, 0.717) is 6.04 Å². The molecule has 2 nitrogen and oxygen atoms in total. The van der Waals surface area contributed by atoms with E-state index < -0.39 is 0 Å². The van der Waals surface area contributed by atoms with Crippen LogP contribution in [-0.2, 0) is 0 Å². The zero-order valence-electron chi connectivity index (χ0n) is 7.83. The summed E-state index contributed by atoms with van der Waals surface area (Å²) >= 11 is 0. The van der Waals surface area contributed by atoms with Crippen molar-refractivity contribution in [2.45, 2.75) is 12.5 Å². The minimum absolute atomic E-state index is 0.453. The topological polar surface area (TPSA) is 24.9 Å². The molecule has 1 unspecified atom stereocenters. The second kappa shape index (κ2) is 3.07. The normalized spacial score (nSPS) is 20.7. The Kier molecular flexibility index (Phi) is 1.74. The lowest BCUT2D eigenvalue weighted by atomic mass is 9.98. The van der Waals surface area contributed by atoms with Gasteiger partial charge in [-0.15, -0.1) is 0 Å². The second-order valence-corrected chi connectivity index (χ2v) is 3.63. The van der Waals surface area contributed by atoms with Crippen LogP contribution >= 0.6 is 0 Å². The summed E-state index contributed by atoms with van der Waals surface area (Å²) in [5.74, 6) is 0. The van der Waals surface area contributed by atoms with Crippen LogP contribution in [0, 0.1) is 6.07 Å². The van der Waals surface area contributed by atoms with Crippen LogP contribution in [0.1, 0.15) is 18.2 Å². The Balaban J connectivity index is 2.22. The molecule has 0 amide bonds. The van der Waals surface area contributed by atoms with Crippen molar-refractivity contribution in [3.63, 3.8) is 0 Å². The van der Waals surface area contributed by atoms with Crippen molar-refractivity contribution in [2.24, 2.45) is 0 Å². The lowest BCUT2D eigenvalue weighted by Crippen LogP contribution is -2.35. The van der Waals surface area contributed by atoms with Gasteiger partial charge in [0.25, 0.3) is 0 Å². The molecule has 14 heavy (non-hydrogen) atoms. The van der Waals surface area contributed by atoms with Crippen molar-refractivity contribution in [2.75, 3.05) is 6.54 Å². The third-order valence-corrected chi connectivity index (χ3v) is 2.78. The molecule has 1 aliphatic rings. The van der Waals surface area contributed by atoms with Gasteiger partial charge >= 0.3 is 0 Å². The molecule has 2 heteroatoms. The Labute approximate surface area is 83.0 Å². The van der Waals surface area contributed by atoms with Gasteiger partial charge in [0.1, 0.15) is 0 Å². The number of rotatable bonds is 1. The van der Waals surface area contributed by atoms with Crippen molar-refractivity contribution < 1.29 is 0 Å². The molecule has 0 bridgehead atoms. The smallest absolute Gasteiger partial charge is 0.0652 e. The predicted octanol–water partition coefficient (Wildman–Crippen LogP) is 2.07. The van der Waals surface area contributed by atoms with Crippen LogP contribution in [0.4, 0.5) is 0 Å². The first-order valence-electron chi connectivity index (χ1n) is 4.94. The van der Waals surface area contributed by atoms with Gasteiger partial charge in [-0.1, -0.05) is 24.3 Å².